The lowest BCUT2D eigenvalue weighted by Crippen LogP contribution is -2.33. The lowest BCUT2D eigenvalue weighted by Gasteiger charge is -2.21. The molecule has 122 valence electrons. The molecule has 0 aliphatic carbocycles. The highest BCUT2D eigenvalue weighted by Crippen LogP contribution is 2.22. The topological polar surface area (TPSA) is 64.3 Å². The van der Waals surface area contributed by atoms with E-state index < -0.39 is 0 Å². The Morgan fingerprint density at radius 2 is 2.36 bits per heavy atom. The number of fused-ring (bicyclic) bond motifs is 1. The van der Waals surface area contributed by atoms with Gasteiger partial charge in [0, 0.05) is 50.4 Å². The van der Waals surface area contributed by atoms with E-state index in [4.69, 9.17) is 0 Å². The van der Waals surface area contributed by atoms with Gasteiger partial charge in [-0.25, -0.2) is 0 Å². The van der Waals surface area contributed by atoms with Crippen molar-refractivity contribution in [2.24, 2.45) is 5.92 Å². The Kier molecular flexibility index (Phi) is 4.78. The third-order valence-electron chi connectivity index (χ3n) is 4.76. The van der Waals surface area contributed by atoms with Gasteiger partial charge in [-0.15, -0.1) is 0 Å². The highest BCUT2D eigenvalue weighted by molar-refractivity contribution is 5.94. The van der Waals surface area contributed by atoms with Crippen LogP contribution in [0.5, 0.6) is 0 Å². The van der Waals surface area contributed by atoms with Gasteiger partial charge in [-0.3, -0.25) is 9.89 Å². The van der Waals surface area contributed by atoms with Gasteiger partial charge >= 0.3 is 0 Å². The zero-order valence-corrected chi connectivity index (χ0v) is 13.7. The molecule has 0 saturated carbocycles. The van der Waals surface area contributed by atoms with Gasteiger partial charge in [0.1, 0.15) is 0 Å². The third kappa shape index (κ3) is 3.17. The van der Waals surface area contributed by atoms with E-state index in [9.17, 15) is 4.79 Å². The van der Waals surface area contributed by atoms with Gasteiger partial charge < -0.3 is 15.1 Å². The number of aromatic nitrogens is 2. The van der Waals surface area contributed by atoms with Gasteiger partial charge in [-0.05, 0) is 32.4 Å². The lowest BCUT2D eigenvalue weighted by molar-refractivity contribution is 0.0777. The Labute approximate surface area is 132 Å². The summed E-state index contributed by atoms with van der Waals surface area (Å²) in [6.45, 7) is 7.85. The van der Waals surface area contributed by atoms with Crippen LogP contribution in [0.2, 0.25) is 0 Å². The first-order valence-corrected chi connectivity index (χ1v) is 8.43. The second-order valence-electron chi connectivity index (χ2n) is 6.62. The minimum atomic E-state index is 0.0989. The van der Waals surface area contributed by atoms with Crippen LogP contribution in [0.15, 0.2) is 0 Å². The summed E-state index contributed by atoms with van der Waals surface area (Å²) in [5.41, 5.74) is 2.83. The molecule has 2 aliphatic heterocycles. The molecule has 22 heavy (non-hydrogen) atoms. The second-order valence-corrected chi connectivity index (χ2v) is 6.62. The summed E-state index contributed by atoms with van der Waals surface area (Å²) in [6, 6.07) is 0. The lowest BCUT2D eigenvalue weighted by atomic mass is 10.1. The van der Waals surface area contributed by atoms with E-state index in [0.29, 0.717) is 11.6 Å². The maximum atomic E-state index is 12.7. The molecule has 1 unspecified atom stereocenters. The molecule has 1 fully saturated rings. The zero-order valence-electron chi connectivity index (χ0n) is 13.7. The summed E-state index contributed by atoms with van der Waals surface area (Å²) in [7, 11) is 2.17. The van der Waals surface area contributed by atoms with E-state index in [-0.39, 0.29) is 5.91 Å². The normalized spacial score (nSPS) is 21.4. The van der Waals surface area contributed by atoms with Gasteiger partial charge in [0.15, 0.2) is 5.69 Å². The first-order chi connectivity index (χ1) is 10.7. The van der Waals surface area contributed by atoms with Crippen molar-refractivity contribution in [2.45, 2.75) is 32.7 Å². The highest BCUT2D eigenvalue weighted by Gasteiger charge is 2.31. The Morgan fingerprint density at radius 3 is 3.18 bits per heavy atom. The van der Waals surface area contributed by atoms with Crippen molar-refractivity contribution in [3.05, 3.63) is 17.0 Å². The fourth-order valence-electron chi connectivity index (χ4n) is 3.63. The smallest absolute Gasteiger partial charge is 0.274 e. The number of carbonyl (C=O) groups excluding carboxylic acids is 1. The molecule has 0 spiro atoms. The molecule has 2 N–H and O–H groups in total. The van der Waals surface area contributed by atoms with Crippen molar-refractivity contribution >= 4 is 5.91 Å². The van der Waals surface area contributed by atoms with Crippen LogP contribution < -0.4 is 5.32 Å². The summed E-state index contributed by atoms with van der Waals surface area (Å²) in [5.74, 6) is 0.690. The monoisotopic (exact) mass is 305 g/mol. The molecule has 6 nitrogen and oxygen atoms in total. The Hall–Kier alpha value is -1.40. The van der Waals surface area contributed by atoms with Gasteiger partial charge in [-0.1, -0.05) is 6.92 Å². The minimum Gasteiger partial charge on any atom is -0.337 e. The van der Waals surface area contributed by atoms with Crippen LogP contribution in [0.1, 0.15) is 41.5 Å². The predicted octanol–water partition coefficient (Wildman–Crippen LogP) is 0.859. The maximum absolute atomic E-state index is 12.7. The number of nitrogens with zero attached hydrogens (tertiary/aromatic N) is 3. The number of hydrogen-bond donors (Lipinski definition) is 2. The quantitative estimate of drug-likeness (QED) is 0.847. The SMILES string of the molecule is CCCN(C)CC1CCN(C(=O)c2n[nH]c3c2CNCC3)C1. The summed E-state index contributed by atoms with van der Waals surface area (Å²) < 4.78 is 0. The van der Waals surface area contributed by atoms with Crippen LogP contribution in [-0.4, -0.2) is 65.7 Å². The molecule has 0 radical (unpaired) electrons. The van der Waals surface area contributed by atoms with Crippen molar-refractivity contribution in [3.8, 4) is 0 Å². The van der Waals surface area contributed by atoms with Gasteiger partial charge in [0.2, 0.25) is 0 Å². The number of amides is 1. The Morgan fingerprint density at radius 1 is 1.50 bits per heavy atom. The molecule has 1 atom stereocenters. The van der Waals surface area contributed by atoms with Crippen molar-refractivity contribution in [1.29, 1.82) is 0 Å². The molecule has 1 saturated heterocycles. The van der Waals surface area contributed by atoms with Crippen molar-refractivity contribution in [2.75, 3.05) is 39.8 Å². The molecular formula is C16H27N5O. The number of likely N-dealkylation sites (tertiary alicyclic amines) is 1. The number of aromatic amines is 1. The Bertz CT molecular complexity index is 527. The minimum absolute atomic E-state index is 0.0989. The standard InChI is InChI=1S/C16H27N5O/c1-3-7-20(2)10-12-5-8-21(11-12)16(22)15-13-9-17-6-4-14(13)18-19-15/h12,17H,3-11H2,1-2H3,(H,18,19). The number of nitrogens with one attached hydrogen (secondary N) is 2. The fourth-order valence-corrected chi connectivity index (χ4v) is 3.63. The van der Waals surface area contributed by atoms with E-state index >= 15 is 0 Å². The molecule has 0 bridgehead atoms. The largest absolute Gasteiger partial charge is 0.337 e. The van der Waals surface area contributed by atoms with E-state index in [0.717, 1.165) is 63.4 Å². The average Bonchev–Trinajstić information content (AvgIpc) is 3.13. The Balaban J connectivity index is 1.61. The number of rotatable bonds is 5. The second kappa shape index (κ2) is 6.79. The van der Waals surface area contributed by atoms with Crippen LogP contribution in [0.4, 0.5) is 0 Å². The van der Waals surface area contributed by atoms with Crippen LogP contribution in [-0.2, 0) is 13.0 Å². The van der Waals surface area contributed by atoms with Crippen molar-refractivity contribution in [3.63, 3.8) is 0 Å². The van der Waals surface area contributed by atoms with Gasteiger partial charge in [0.25, 0.3) is 5.91 Å². The molecule has 1 amide bonds. The number of hydrogen-bond acceptors (Lipinski definition) is 4. The van der Waals surface area contributed by atoms with Crippen molar-refractivity contribution < 1.29 is 4.79 Å². The van der Waals surface area contributed by atoms with Gasteiger partial charge in [-0.2, -0.15) is 5.10 Å². The molecule has 3 heterocycles. The molecule has 6 heteroatoms. The molecule has 1 aromatic heterocycles. The fraction of sp³-hybridized carbons (Fsp3) is 0.750. The van der Waals surface area contributed by atoms with Crippen LogP contribution in [0.25, 0.3) is 0 Å². The van der Waals surface area contributed by atoms with E-state index in [2.05, 4.69) is 34.4 Å². The molecule has 3 rings (SSSR count). The van der Waals surface area contributed by atoms with E-state index in [1.165, 1.54) is 6.42 Å². The van der Waals surface area contributed by atoms with Crippen LogP contribution >= 0.6 is 0 Å². The summed E-state index contributed by atoms with van der Waals surface area (Å²) in [6.07, 6.45) is 3.21. The molecule has 2 aliphatic rings. The van der Waals surface area contributed by atoms with Crippen LogP contribution in [0, 0.1) is 5.92 Å². The third-order valence-corrected chi connectivity index (χ3v) is 4.76. The highest BCUT2D eigenvalue weighted by atomic mass is 16.2. The molecule has 1 aromatic rings. The summed E-state index contributed by atoms with van der Waals surface area (Å²) in [4.78, 5) is 17.1. The summed E-state index contributed by atoms with van der Waals surface area (Å²) >= 11 is 0. The first kappa shape index (κ1) is 15.5. The zero-order chi connectivity index (χ0) is 15.5. The van der Waals surface area contributed by atoms with Crippen LogP contribution in [0.3, 0.4) is 0 Å². The van der Waals surface area contributed by atoms with Gasteiger partial charge in [0.05, 0.1) is 0 Å². The summed E-state index contributed by atoms with van der Waals surface area (Å²) in [5, 5.41) is 10.7. The average molecular weight is 305 g/mol. The predicted molar refractivity (Wildman–Crippen MR) is 85.8 cm³/mol. The number of H-pyrrole nitrogens is 1. The van der Waals surface area contributed by atoms with E-state index in [1.807, 2.05) is 4.90 Å². The van der Waals surface area contributed by atoms with E-state index in [1.54, 1.807) is 0 Å². The number of carbonyl (C=O) groups is 1. The molecular weight excluding hydrogens is 278 g/mol. The van der Waals surface area contributed by atoms with Crippen molar-refractivity contribution in [1.82, 2.24) is 25.3 Å². The maximum Gasteiger partial charge on any atom is 0.274 e. The molecule has 0 aromatic carbocycles. The first-order valence-electron chi connectivity index (χ1n) is 8.43.